The fourth-order valence-electron chi connectivity index (χ4n) is 5.50. The van der Waals surface area contributed by atoms with Gasteiger partial charge >= 0.3 is 0 Å². The predicted molar refractivity (Wildman–Crippen MR) is 147 cm³/mol. The van der Waals surface area contributed by atoms with E-state index < -0.39 is 0 Å². The van der Waals surface area contributed by atoms with E-state index >= 15 is 0 Å². The molecule has 2 aromatic rings. The van der Waals surface area contributed by atoms with E-state index in [1.54, 1.807) is 24.1 Å². The van der Waals surface area contributed by atoms with Gasteiger partial charge in [-0.1, -0.05) is 6.42 Å². The first-order valence-electron chi connectivity index (χ1n) is 13.8. The molecule has 2 aliphatic heterocycles. The summed E-state index contributed by atoms with van der Waals surface area (Å²) in [6.45, 7) is 4.30. The Morgan fingerprint density at radius 3 is 2.56 bits per heavy atom. The van der Waals surface area contributed by atoms with Crippen LogP contribution in [-0.4, -0.2) is 97.1 Å². The number of carbonyl (C=O) groups excluding carboxylic acids is 2. The highest BCUT2D eigenvalue weighted by atomic mass is 16.5. The molecule has 2 amide bonds. The quantitative estimate of drug-likeness (QED) is 0.463. The molecular weight excluding hydrogens is 498 g/mol. The number of ether oxygens (including phenoxy) is 3. The smallest absolute Gasteiger partial charge is 0.262 e. The van der Waals surface area contributed by atoms with Gasteiger partial charge < -0.3 is 23.7 Å². The van der Waals surface area contributed by atoms with E-state index in [0.717, 1.165) is 55.9 Å². The first-order valence-corrected chi connectivity index (χ1v) is 13.8. The minimum atomic E-state index is -0.382. The molecule has 39 heavy (non-hydrogen) atoms. The number of rotatable bonds is 10. The molecular formula is C29H39N5O5. The number of amides is 2. The summed E-state index contributed by atoms with van der Waals surface area (Å²) in [6, 6.07) is 9.19. The second kappa shape index (κ2) is 12.2. The Hall–Kier alpha value is -3.37. The molecule has 2 fully saturated rings. The zero-order valence-corrected chi connectivity index (χ0v) is 23.2. The number of hydrogen-bond acceptors (Lipinski definition) is 7. The number of morpholine rings is 1. The fourth-order valence-corrected chi connectivity index (χ4v) is 5.50. The highest BCUT2D eigenvalue weighted by Gasteiger charge is 2.38. The third-order valence-corrected chi connectivity index (χ3v) is 8.08. The van der Waals surface area contributed by atoms with Gasteiger partial charge in [0, 0.05) is 57.3 Å². The summed E-state index contributed by atoms with van der Waals surface area (Å²) in [5.74, 6) is 1.22. The number of aromatic nitrogens is 1. The predicted octanol–water partition coefficient (Wildman–Crippen LogP) is 2.68. The van der Waals surface area contributed by atoms with E-state index in [2.05, 4.69) is 4.90 Å². The van der Waals surface area contributed by atoms with Crippen molar-refractivity contribution in [1.29, 1.82) is 0 Å². The Morgan fingerprint density at radius 2 is 1.92 bits per heavy atom. The molecule has 0 unspecified atom stereocenters. The number of nitrogens with zero attached hydrogens (tertiary/aromatic N) is 5. The number of carbonyl (C=O) groups is 2. The van der Waals surface area contributed by atoms with Crippen LogP contribution in [0.25, 0.3) is 0 Å². The number of hydrazone groups is 1. The van der Waals surface area contributed by atoms with Crippen LogP contribution in [0.5, 0.6) is 11.5 Å². The standard InChI is InChI=1S/C29H39N5O5/c1-31-11-5-8-25(31)24-19-26(23-18-22(37-2)9-10-27(23)38-3)34(30-24)28(35)20-33(29(36)21-6-4-7-21)13-12-32-14-16-39-17-15-32/h5,8-11,18,21,26H,4,6-7,12-17,19-20H2,1-3H3/t26-/m1/s1. The molecule has 0 radical (unpaired) electrons. The Morgan fingerprint density at radius 1 is 1.13 bits per heavy atom. The normalized spacial score (nSPS) is 19.9. The van der Waals surface area contributed by atoms with Crippen LogP contribution in [0.15, 0.2) is 41.6 Å². The minimum absolute atomic E-state index is 0.00757. The van der Waals surface area contributed by atoms with E-state index in [0.29, 0.717) is 37.7 Å². The van der Waals surface area contributed by atoms with E-state index in [-0.39, 0.29) is 30.3 Å². The number of methoxy groups -OCH3 is 2. The van der Waals surface area contributed by atoms with Crippen molar-refractivity contribution < 1.29 is 23.8 Å². The highest BCUT2D eigenvalue weighted by molar-refractivity contribution is 6.02. The van der Waals surface area contributed by atoms with E-state index in [1.165, 1.54) is 0 Å². The second-order valence-corrected chi connectivity index (χ2v) is 10.5. The summed E-state index contributed by atoms with van der Waals surface area (Å²) in [4.78, 5) is 31.4. The van der Waals surface area contributed by atoms with Gasteiger partial charge in [0.15, 0.2) is 0 Å². The molecule has 1 aromatic carbocycles. The number of aryl methyl sites for hydroxylation is 1. The van der Waals surface area contributed by atoms with Crippen LogP contribution < -0.4 is 9.47 Å². The molecule has 1 aromatic heterocycles. The molecule has 0 N–H and O–H groups in total. The maximum Gasteiger partial charge on any atom is 0.262 e. The van der Waals surface area contributed by atoms with E-state index in [9.17, 15) is 9.59 Å². The molecule has 0 bridgehead atoms. The summed E-state index contributed by atoms with van der Waals surface area (Å²) >= 11 is 0. The average molecular weight is 538 g/mol. The number of hydrogen-bond donors (Lipinski definition) is 0. The molecule has 1 atom stereocenters. The van der Waals surface area contributed by atoms with Crippen LogP contribution in [0.3, 0.4) is 0 Å². The lowest BCUT2D eigenvalue weighted by atomic mass is 9.84. The van der Waals surface area contributed by atoms with Crippen molar-refractivity contribution in [2.24, 2.45) is 18.1 Å². The maximum absolute atomic E-state index is 14.0. The molecule has 1 saturated carbocycles. The van der Waals surface area contributed by atoms with Crippen LogP contribution in [0, 0.1) is 5.92 Å². The summed E-state index contributed by atoms with van der Waals surface area (Å²) in [7, 11) is 5.21. The monoisotopic (exact) mass is 537 g/mol. The zero-order chi connectivity index (χ0) is 27.4. The van der Waals surface area contributed by atoms with Crippen LogP contribution >= 0.6 is 0 Å². The first kappa shape index (κ1) is 27.2. The minimum Gasteiger partial charge on any atom is -0.497 e. The third kappa shape index (κ3) is 5.96. The van der Waals surface area contributed by atoms with Crippen molar-refractivity contribution >= 4 is 17.5 Å². The van der Waals surface area contributed by atoms with Gasteiger partial charge in [0.05, 0.1) is 44.9 Å². The summed E-state index contributed by atoms with van der Waals surface area (Å²) in [5, 5.41) is 6.39. The van der Waals surface area contributed by atoms with Crippen molar-refractivity contribution in [1.82, 2.24) is 19.4 Å². The molecule has 3 heterocycles. The zero-order valence-electron chi connectivity index (χ0n) is 23.2. The topological polar surface area (TPSA) is 88.8 Å². The molecule has 0 spiro atoms. The summed E-state index contributed by atoms with van der Waals surface area (Å²) in [5.41, 5.74) is 2.59. The largest absolute Gasteiger partial charge is 0.497 e. The van der Waals surface area contributed by atoms with Crippen molar-refractivity contribution in [2.75, 3.05) is 60.2 Å². The molecule has 210 valence electrons. The van der Waals surface area contributed by atoms with Crippen LogP contribution in [0.4, 0.5) is 0 Å². The van der Waals surface area contributed by atoms with Crippen molar-refractivity contribution in [3.05, 3.63) is 47.8 Å². The second-order valence-electron chi connectivity index (χ2n) is 10.5. The number of benzene rings is 1. The Kier molecular flexibility index (Phi) is 8.52. The van der Waals surface area contributed by atoms with Gasteiger partial charge in [-0.15, -0.1) is 0 Å². The molecule has 1 aliphatic carbocycles. The van der Waals surface area contributed by atoms with Gasteiger partial charge in [-0.2, -0.15) is 5.10 Å². The van der Waals surface area contributed by atoms with Crippen LogP contribution in [0.2, 0.25) is 0 Å². The fraction of sp³-hybridized carbons (Fsp3) is 0.552. The SMILES string of the molecule is COc1ccc(OC)c([C@H]2CC(c3cccn3C)=NN2C(=O)CN(CCN2CCOCC2)C(=O)C2CCC2)c1. The summed E-state index contributed by atoms with van der Waals surface area (Å²) < 4.78 is 18.6. The van der Waals surface area contributed by atoms with Crippen LogP contribution in [0.1, 0.15) is 43.0 Å². The summed E-state index contributed by atoms with van der Waals surface area (Å²) in [6.07, 6.45) is 5.34. The lowest BCUT2D eigenvalue weighted by Crippen LogP contribution is -2.49. The highest BCUT2D eigenvalue weighted by Crippen LogP contribution is 2.39. The van der Waals surface area contributed by atoms with Gasteiger partial charge in [0.1, 0.15) is 18.0 Å². The molecule has 5 rings (SSSR count). The van der Waals surface area contributed by atoms with Crippen molar-refractivity contribution in [2.45, 2.75) is 31.7 Å². The lowest BCUT2D eigenvalue weighted by molar-refractivity contribution is -0.145. The van der Waals surface area contributed by atoms with E-state index in [4.69, 9.17) is 19.3 Å². The molecule has 10 heteroatoms. The van der Waals surface area contributed by atoms with Gasteiger partial charge in [-0.25, -0.2) is 5.01 Å². The Labute approximate surface area is 230 Å². The average Bonchev–Trinajstić information content (AvgIpc) is 3.56. The lowest BCUT2D eigenvalue weighted by Gasteiger charge is -2.34. The maximum atomic E-state index is 14.0. The van der Waals surface area contributed by atoms with Crippen molar-refractivity contribution in [3.8, 4) is 11.5 Å². The van der Waals surface area contributed by atoms with Crippen LogP contribution in [-0.2, 0) is 21.4 Å². The van der Waals surface area contributed by atoms with Gasteiger partial charge in [-0.3, -0.25) is 14.5 Å². The van der Waals surface area contributed by atoms with E-state index in [1.807, 2.05) is 48.1 Å². The van der Waals surface area contributed by atoms with Gasteiger partial charge in [0.25, 0.3) is 5.91 Å². The Balaban J connectivity index is 1.41. The van der Waals surface area contributed by atoms with Gasteiger partial charge in [0.2, 0.25) is 5.91 Å². The van der Waals surface area contributed by atoms with Crippen molar-refractivity contribution in [3.63, 3.8) is 0 Å². The molecule has 3 aliphatic rings. The molecule has 1 saturated heterocycles. The third-order valence-electron chi connectivity index (χ3n) is 8.08. The Bertz CT molecular complexity index is 1200. The first-order chi connectivity index (χ1) is 19.0. The molecule has 10 nitrogen and oxygen atoms in total. The van der Waals surface area contributed by atoms with Gasteiger partial charge in [-0.05, 0) is 43.2 Å².